The fourth-order valence-corrected chi connectivity index (χ4v) is 3.59. The van der Waals surface area contributed by atoms with Crippen LogP contribution in [0.1, 0.15) is 29.1 Å². The van der Waals surface area contributed by atoms with Crippen molar-refractivity contribution in [2.75, 3.05) is 26.2 Å². The Kier molecular flexibility index (Phi) is 5.67. The molecule has 0 N–H and O–H groups in total. The van der Waals surface area contributed by atoms with Crippen LogP contribution < -0.4 is 0 Å². The second kappa shape index (κ2) is 7.80. The Morgan fingerprint density at radius 1 is 1.12 bits per heavy atom. The van der Waals surface area contributed by atoms with Crippen LogP contribution in [-0.2, 0) is 24.9 Å². The summed E-state index contributed by atoms with van der Waals surface area (Å²) in [4.78, 5) is 16.9. The van der Waals surface area contributed by atoms with E-state index < -0.39 is 0 Å². The van der Waals surface area contributed by atoms with Gasteiger partial charge in [-0.1, -0.05) is 11.6 Å². The average Bonchev–Trinajstić information content (AvgIpc) is 3.06. The molecule has 3 rings (SSSR count). The molecule has 142 valence electrons. The number of halogens is 1. The van der Waals surface area contributed by atoms with E-state index >= 15 is 0 Å². The SMILES string of the molecule is Cc1nn(C)cc1CN1CCN(C(=O)CCn2nc(C)c(Cl)c2C)CC1. The van der Waals surface area contributed by atoms with Crippen LogP contribution in [-0.4, -0.2) is 61.4 Å². The van der Waals surface area contributed by atoms with Crippen LogP contribution in [0.3, 0.4) is 0 Å². The number of amides is 1. The van der Waals surface area contributed by atoms with Crippen molar-refractivity contribution in [1.29, 1.82) is 0 Å². The summed E-state index contributed by atoms with van der Waals surface area (Å²) < 4.78 is 3.69. The van der Waals surface area contributed by atoms with Crippen molar-refractivity contribution in [1.82, 2.24) is 29.4 Å². The molecule has 8 heteroatoms. The van der Waals surface area contributed by atoms with E-state index in [-0.39, 0.29) is 5.91 Å². The highest BCUT2D eigenvalue weighted by Crippen LogP contribution is 2.19. The largest absolute Gasteiger partial charge is 0.340 e. The Balaban J connectivity index is 1.47. The lowest BCUT2D eigenvalue weighted by molar-refractivity contribution is -0.133. The van der Waals surface area contributed by atoms with Crippen molar-refractivity contribution in [3.8, 4) is 0 Å². The highest BCUT2D eigenvalue weighted by molar-refractivity contribution is 6.31. The number of aromatic nitrogens is 4. The predicted octanol–water partition coefficient (Wildman–Crippen LogP) is 1.93. The normalized spacial score (nSPS) is 15.7. The zero-order chi connectivity index (χ0) is 18.8. The summed E-state index contributed by atoms with van der Waals surface area (Å²) in [5.74, 6) is 0.186. The maximum atomic E-state index is 12.5. The third-order valence-corrected chi connectivity index (χ3v) is 5.61. The van der Waals surface area contributed by atoms with Gasteiger partial charge in [-0.05, 0) is 20.8 Å². The first-order valence-corrected chi connectivity index (χ1v) is 9.41. The van der Waals surface area contributed by atoms with E-state index in [1.54, 1.807) is 0 Å². The van der Waals surface area contributed by atoms with E-state index in [1.165, 1.54) is 5.56 Å². The number of piperazine rings is 1. The maximum Gasteiger partial charge on any atom is 0.224 e. The number of carbonyl (C=O) groups excluding carboxylic acids is 1. The number of rotatable bonds is 5. The van der Waals surface area contributed by atoms with E-state index in [0.29, 0.717) is 18.0 Å². The Hall–Kier alpha value is -1.86. The highest BCUT2D eigenvalue weighted by atomic mass is 35.5. The minimum absolute atomic E-state index is 0.186. The first-order chi connectivity index (χ1) is 12.3. The molecule has 1 saturated heterocycles. The standard InChI is InChI=1S/C18H27ClN6O/c1-13-16(11-22(4)20-13)12-23-7-9-24(10-8-23)17(26)5-6-25-15(3)18(19)14(2)21-25/h11H,5-10,12H2,1-4H3. The molecule has 0 aliphatic carbocycles. The molecule has 3 heterocycles. The molecule has 2 aromatic heterocycles. The van der Waals surface area contributed by atoms with Gasteiger partial charge in [0.25, 0.3) is 0 Å². The summed E-state index contributed by atoms with van der Waals surface area (Å²) in [7, 11) is 1.95. The Morgan fingerprint density at radius 3 is 2.35 bits per heavy atom. The molecule has 7 nitrogen and oxygen atoms in total. The van der Waals surface area contributed by atoms with Gasteiger partial charge >= 0.3 is 0 Å². The van der Waals surface area contributed by atoms with Crippen LogP contribution in [0.15, 0.2) is 6.20 Å². The summed E-state index contributed by atoms with van der Waals surface area (Å²) >= 11 is 6.17. The van der Waals surface area contributed by atoms with Crippen LogP contribution >= 0.6 is 11.6 Å². The van der Waals surface area contributed by atoms with E-state index in [9.17, 15) is 4.79 Å². The van der Waals surface area contributed by atoms with Crippen molar-refractivity contribution in [2.45, 2.75) is 40.3 Å². The lowest BCUT2D eigenvalue weighted by atomic mass is 10.2. The van der Waals surface area contributed by atoms with Crippen LogP contribution in [0.5, 0.6) is 0 Å². The molecule has 0 atom stereocenters. The van der Waals surface area contributed by atoms with Crippen LogP contribution in [0.25, 0.3) is 0 Å². The van der Waals surface area contributed by atoms with Gasteiger partial charge in [0.05, 0.1) is 28.6 Å². The Labute approximate surface area is 159 Å². The summed E-state index contributed by atoms with van der Waals surface area (Å²) in [6.07, 6.45) is 2.53. The summed E-state index contributed by atoms with van der Waals surface area (Å²) in [6, 6.07) is 0. The Morgan fingerprint density at radius 2 is 1.81 bits per heavy atom. The predicted molar refractivity (Wildman–Crippen MR) is 101 cm³/mol. The minimum atomic E-state index is 0.186. The summed E-state index contributed by atoms with van der Waals surface area (Å²) in [6.45, 7) is 10.7. The van der Waals surface area contributed by atoms with E-state index in [2.05, 4.69) is 21.3 Å². The zero-order valence-corrected chi connectivity index (χ0v) is 16.8. The van der Waals surface area contributed by atoms with Crippen LogP contribution in [0.4, 0.5) is 0 Å². The molecule has 26 heavy (non-hydrogen) atoms. The van der Waals surface area contributed by atoms with Gasteiger partial charge in [0.2, 0.25) is 5.91 Å². The second-order valence-electron chi connectivity index (χ2n) is 7.03. The number of hydrogen-bond donors (Lipinski definition) is 0. The quantitative estimate of drug-likeness (QED) is 0.797. The molecular weight excluding hydrogens is 352 g/mol. The smallest absolute Gasteiger partial charge is 0.224 e. The zero-order valence-electron chi connectivity index (χ0n) is 16.0. The monoisotopic (exact) mass is 378 g/mol. The van der Waals surface area contributed by atoms with Crippen molar-refractivity contribution >= 4 is 17.5 Å². The summed E-state index contributed by atoms with van der Waals surface area (Å²) in [5.41, 5.74) is 4.08. The fraction of sp³-hybridized carbons (Fsp3) is 0.611. The number of carbonyl (C=O) groups is 1. The second-order valence-corrected chi connectivity index (χ2v) is 7.41. The molecule has 0 spiro atoms. The molecule has 1 aliphatic heterocycles. The molecule has 1 amide bonds. The molecule has 0 radical (unpaired) electrons. The van der Waals surface area contributed by atoms with Gasteiger partial charge in [0.15, 0.2) is 0 Å². The number of nitrogens with zero attached hydrogens (tertiary/aromatic N) is 6. The van der Waals surface area contributed by atoms with Crippen molar-refractivity contribution in [3.63, 3.8) is 0 Å². The third-order valence-electron chi connectivity index (χ3n) is 5.06. The third kappa shape index (κ3) is 4.10. The molecule has 1 fully saturated rings. The number of aryl methyl sites for hydroxylation is 4. The highest BCUT2D eigenvalue weighted by Gasteiger charge is 2.22. The van der Waals surface area contributed by atoms with E-state index in [1.807, 2.05) is 42.1 Å². The average molecular weight is 379 g/mol. The fourth-order valence-electron chi connectivity index (χ4n) is 3.45. The van der Waals surface area contributed by atoms with Crippen molar-refractivity contribution < 1.29 is 4.79 Å². The molecule has 0 bridgehead atoms. The van der Waals surface area contributed by atoms with Gasteiger partial charge in [-0.3, -0.25) is 19.1 Å². The molecule has 0 unspecified atom stereocenters. The topological polar surface area (TPSA) is 59.2 Å². The van der Waals surface area contributed by atoms with Crippen LogP contribution in [0, 0.1) is 20.8 Å². The van der Waals surface area contributed by atoms with Crippen molar-refractivity contribution in [3.05, 3.63) is 33.9 Å². The van der Waals surface area contributed by atoms with Gasteiger partial charge in [-0.25, -0.2) is 0 Å². The Bertz CT molecular complexity index is 788. The van der Waals surface area contributed by atoms with Gasteiger partial charge in [0, 0.05) is 58.0 Å². The molecule has 1 aliphatic rings. The number of hydrogen-bond acceptors (Lipinski definition) is 4. The maximum absolute atomic E-state index is 12.5. The van der Waals surface area contributed by atoms with E-state index in [0.717, 1.165) is 49.8 Å². The lowest BCUT2D eigenvalue weighted by Gasteiger charge is -2.34. The van der Waals surface area contributed by atoms with Crippen LogP contribution in [0.2, 0.25) is 5.02 Å². The minimum Gasteiger partial charge on any atom is -0.340 e. The first kappa shape index (κ1) is 18.9. The lowest BCUT2D eigenvalue weighted by Crippen LogP contribution is -2.48. The van der Waals surface area contributed by atoms with Gasteiger partial charge in [-0.15, -0.1) is 0 Å². The van der Waals surface area contributed by atoms with Gasteiger partial charge in [0.1, 0.15) is 0 Å². The molecule has 0 aromatic carbocycles. The molecular formula is C18H27ClN6O. The first-order valence-electron chi connectivity index (χ1n) is 9.04. The van der Waals surface area contributed by atoms with Crippen molar-refractivity contribution in [2.24, 2.45) is 7.05 Å². The summed E-state index contributed by atoms with van der Waals surface area (Å²) in [5, 5.41) is 9.48. The molecule has 0 saturated carbocycles. The molecule has 2 aromatic rings. The van der Waals surface area contributed by atoms with E-state index in [4.69, 9.17) is 11.6 Å². The van der Waals surface area contributed by atoms with Gasteiger partial charge in [-0.2, -0.15) is 10.2 Å². The van der Waals surface area contributed by atoms with Gasteiger partial charge < -0.3 is 4.90 Å².